The van der Waals surface area contributed by atoms with Gasteiger partial charge in [-0.2, -0.15) is 0 Å². The molecule has 0 radical (unpaired) electrons. The van der Waals surface area contributed by atoms with E-state index in [1.54, 1.807) is 20.2 Å². The predicted octanol–water partition coefficient (Wildman–Crippen LogP) is 1.02. The maximum Gasteiger partial charge on any atom is 0.278 e. The lowest BCUT2D eigenvalue weighted by Crippen LogP contribution is -2.17. The van der Waals surface area contributed by atoms with Crippen molar-refractivity contribution >= 4 is 5.69 Å². The summed E-state index contributed by atoms with van der Waals surface area (Å²) < 4.78 is 1.81. The van der Waals surface area contributed by atoms with Crippen LogP contribution in [-0.2, 0) is 20.1 Å². The van der Waals surface area contributed by atoms with E-state index in [4.69, 9.17) is 0 Å². The summed E-state index contributed by atoms with van der Waals surface area (Å²) in [6.45, 7) is 4.38. The first-order valence-electron chi connectivity index (χ1n) is 6.13. The number of hydrogen-bond acceptors (Lipinski definition) is 6. The zero-order chi connectivity index (χ0) is 14.7. The van der Waals surface area contributed by atoms with Crippen LogP contribution in [0.4, 0.5) is 5.69 Å². The standard InChI is InChI=1S/C12H16N6O2/c1-8-4-14-10(9(2)12(8)18(19)20)5-13-6-11-16-15-7-17(11)3/h4,7,13H,5-6H2,1-3H3. The van der Waals surface area contributed by atoms with E-state index >= 15 is 0 Å². The third-order valence-corrected chi connectivity index (χ3v) is 3.14. The molecular weight excluding hydrogens is 260 g/mol. The number of rotatable bonds is 5. The average molecular weight is 276 g/mol. The maximum atomic E-state index is 11.0. The van der Waals surface area contributed by atoms with Gasteiger partial charge in [-0.3, -0.25) is 15.1 Å². The summed E-state index contributed by atoms with van der Waals surface area (Å²) in [6.07, 6.45) is 3.15. The minimum Gasteiger partial charge on any atom is -0.320 e. The molecule has 2 aromatic heterocycles. The van der Waals surface area contributed by atoms with Gasteiger partial charge < -0.3 is 9.88 Å². The van der Waals surface area contributed by atoms with Crippen molar-refractivity contribution in [1.82, 2.24) is 25.1 Å². The van der Waals surface area contributed by atoms with Gasteiger partial charge in [0.05, 0.1) is 17.2 Å². The highest BCUT2D eigenvalue weighted by atomic mass is 16.6. The third-order valence-electron chi connectivity index (χ3n) is 3.14. The van der Waals surface area contributed by atoms with Gasteiger partial charge in [0, 0.05) is 30.9 Å². The van der Waals surface area contributed by atoms with Gasteiger partial charge in [-0.25, -0.2) is 0 Å². The Hall–Kier alpha value is -2.35. The first-order chi connectivity index (χ1) is 9.50. The minimum atomic E-state index is -0.363. The highest BCUT2D eigenvalue weighted by Crippen LogP contribution is 2.23. The van der Waals surface area contributed by atoms with Crippen molar-refractivity contribution in [2.24, 2.45) is 7.05 Å². The van der Waals surface area contributed by atoms with E-state index in [9.17, 15) is 10.1 Å². The van der Waals surface area contributed by atoms with Crippen molar-refractivity contribution in [1.29, 1.82) is 0 Å². The van der Waals surface area contributed by atoms with Gasteiger partial charge in [0.25, 0.3) is 5.69 Å². The van der Waals surface area contributed by atoms with E-state index in [1.165, 1.54) is 6.20 Å². The molecule has 106 valence electrons. The lowest BCUT2D eigenvalue weighted by molar-refractivity contribution is -0.386. The SMILES string of the molecule is Cc1cnc(CNCc2nncn2C)c(C)c1[N+](=O)[O-]. The second kappa shape index (κ2) is 5.74. The average Bonchev–Trinajstić information content (AvgIpc) is 2.78. The van der Waals surface area contributed by atoms with E-state index in [0.29, 0.717) is 29.9 Å². The predicted molar refractivity (Wildman–Crippen MR) is 71.9 cm³/mol. The monoisotopic (exact) mass is 276 g/mol. The molecule has 0 fully saturated rings. The summed E-state index contributed by atoms with van der Waals surface area (Å²) in [5.74, 6) is 0.796. The van der Waals surface area contributed by atoms with E-state index in [1.807, 2.05) is 11.6 Å². The minimum absolute atomic E-state index is 0.135. The Morgan fingerprint density at radius 2 is 2.15 bits per heavy atom. The molecule has 0 aliphatic rings. The van der Waals surface area contributed by atoms with Crippen LogP contribution in [0.1, 0.15) is 22.6 Å². The summed E-state index contributed by atoms with van der Waals surface area (Å²) in [5, 5.41) is 21.9. The van der Waals surface area contributed by atoms with Gasteiger partial charge in [-0.05, 0) is 13.8 Å². The van der Waals surface area contributed by atoms with E-state index in [2.05, 4.69) is 20.5 Å². The fraction of sp³-hybridized carbons (Fsp3) is 0.417. The van der Waals surface area contributed by atoms with E-state index < -0.39 is 0 Å². The highest BCUT2D eigenvalue weighted by molar-refractivity contribution is 5.47. The van der Waals surface area contributed by atoms with Crippen molar-refractivity contribution in [2.75, 3.05) is 0 Å². The van der Waals surface area contributed by atoms with Crippen LogP contribution < -0.4 is 5.32 Å². The number of pyridine rings is 1. The van der Waals surface area contributed by atoms with Crippen molar-refractivity contribution in [3.63, 3.8) is 0 Å². The molecule has 0 saturated heterocycles. The van der Waals surface area contributed by atoms with Crippen molar-refractivity contribution in [3.05, 3.63) is 45.3 Å². The smallest absolute Gasteiger partial charge is 0.278 e. The van der Waals surface area contributed by atoms with Crippen LogP contribution in [0.15, 0.2) is 12.5 Å². The molecule has 0 saturated carbocycles. The largest absolute Gasteiger partial charge is 0.320 e. The number of aromatic nitrogens is 4. The molecule has 2 heterocycles. The number of nitrogens with zero attached hydrogens (tertiary/aromatic N) is 5. The van der Waals surface area contributed by atoms with Gasteiger partial charge in [-0.15, -0.1) is 10.2 Å². The zero-order valence-electron chi connectivity index (χ0n) is 11.6. The summed E-state index contributed by atoms with van der Waals surface area (Å²) >= 11 is 0. The number of hydrogen-bond donors (Lipinski definition) is 1. The highest BCUT2D eigenvalue weighted by Gasteiger charge is 2.18. The molecule has 0 aliphatic heterocycles. The Labute approximate surface area is 116 Å². The number of nitrogens with one attached hydrogen (secondary N) is 1. The van der Waals surface area contributed by atoms with Gasteiger partial charge >= 0.3 is 0 Å². The van der Waals surface area contributed by atoms with E-state index in [0.717, 1.165) is 5.82 Å². The van der Waals surface area contributed by atoms with Crippen LogP contribution in [0.3, 0.4) is 0 Å². The van der Waals surface area contributed by atoms with Gasteiger partial charge in [-0.1, -0.05) is 0 Å². The van der Waals surface area contributed by atoms with Gasteiger partial charge in [0.2, 0.25) is 0 Å². The van der Waals surface area contributed by atoms with E-state index in [-0.39, 0.29) is 10.6 Å². The molecule has 0 bridgehead atoms. The normalized spacial score (nSPS) is 10.8. The molecule has 0 spiro atoms. The number of aryl methyl sites for hydroxylation is 2. The van der Waals surface area contributed by atoms with Crippen LogP contribution in [0.2, 0.25) is 0 Å². The van der Waals surface area contributed by atoms with Crippen LogP contribution in [0.25, 0.3) is 0 Å². The van der Waals surface area contributed by atoms with Crippen LogP contribution >= 0.6 is 0 Å². The molecule has 8 heteroatoms. The molecule has 0 atom stereocenters. The van der Waals surface area contributed by atoms with Gasteiger partial charge in [0.1, 0.15) is 12.2 Å². The summed E-state index contributed by atoms with van der Waals surface area (Å²) in [6, 6.07) is 0. The molecule has 8 nitrogen and oxygen atoms in total. The van der Waals surface area contributed by atoms with Crippen molar-refractivity contribution < 1.29 is 4.92 Å². The Bertz CT molecular complexity index is 637. The quantitative estimate of drug-likeness (QED) is 0.646. The third kappa shape index (κ3) is 2.80. The molecule has 20 heavy (non-hydrogen) atoms. The fourth-order valence-electron chi connectivity index (χ4n) is 1.98. The second-order valence-electron chi connectivity index (χ2n) is 4.58. The molecule has 0 aliphatic carbocycles. The Morgan fingerprint density at radius 1 is 1.40 bits per heavy atom. The van der Waals surface area contributed by atoms with Crippen molar-refractivity contribution in [3.8, 4) is 0 Å². The second-order valence-corrected chi connectivity index (χ2v) is 4.58. The molecule has 0 unspecified atom stereocenters. The number of nitro groups is 1. The summed E-state index contributed by atoms with van der Waals surface area (Å²) in [5.41, 5.74) is 1.98. The molecule has 0 amide bonds. The zero-order valence-corrected chi connectivity index (χ0v) is 11.6. The maximum absolute atomic E-state index is 11.0. The summed E-state index contributed by atoms with van der Waals surface area (Å²) in [4.78, 5) is 14.9. The summed E-state index contributed by atoms with van der Waals surface area (Å²) in [7, 11) is 1.86. The molecular formula is C12H16N6O2. The first kappa shape index (κ1) is 14.1. The Balaban J connectivity index is 2.09. The molecule has 2 rings (SSSR count). The Kier molecular flexibility index (Phi) is 4.04. The van der Waals surface area contributed by atoms with Crippen LogP contribution in [0, 0.1) is 24.0 Å². The molecule has 1 N–H and O–H groups in total. The lowest BCUT2D eigenvalue weighted by atomic mass is 10.1. The van der Waals surface area contributed by atoms with Crippen LogP contribution in [-0.4, -0.2) is 24.7 Å². The molecule has 0 aromatic carbocycles. The topological polar surface area (TPSA) is 98.8 Å². The molecule has 2 aromatic rings. The lowest BCUT2D eigenvalue weighted by Gasteiger charge is -2.08. The fourth-order valence-corrected chi connectivity index (χ4v) is 1.98. The first-order valence-corrected chi connectivity index (χ1v) is 6.13. The Morgan fingerprint density at radius 3 is 2.75 bits per heavy atom. The van der Waals surface area contributed by atoms with Crippen LogP contribution in [0.5, 0.6) is 0 Å². The van der Waals surface area contributed by atoms with Gasteiger partial charge in [0.15, 0.2) is 0 Å². The van der Waals surface area contributed by atoms with Crippen molar-refractivity contribution in [2.45, 2.75) is 26.9 Å².